The van der Waals surface area contributed by atoms with E-state index in [0.717, 1.165) is 18.7 Å². The van der Waals surface area contributed by atoms with Crippen molar-refractivity contribution in [3.05, 3.63) is 29.3 Å². The maximum absolute atomic E-state index is 12.4. The molecular formula is C15H23N3O2S. The van der Waals surface area contributed by atoms with Crippen molar-refractivity contribution in [1.82, 2.24) is 14.9 Å². The Labute approximate surface area is 126 Å². The molecule has 0 saturated heterocycles. The summed E-state index contributed by atoms with van der Waals surface area (Å²) in [5.74, 6) is 0. The van der Waals surface area contributed by atoms with Crippen LogP contribution < -0.4 is 10.0 Å². The van der Waals surface area contributed by atoms with Gasteiger partial charge in [0, 0.05) is 31.7 Å². The zero-order chi connectivity index (χ0) is 15.0. The van der Waals surface area contributed by atoms with Crippen LogP contribution in [-0.2, 0) is 23.1 Å². The lowest BCUT2D eigenvalue weighted by molar-refractivity contribution is 0.248. The van der Waals surface area contributed by atoms with Crippen molar-refractivity contribution >= 4 is 10.0 Å². The van der Waals surface area contributed by atoms with Gasteiger partial charge in [-0.2, -0.15) is 0 Å². The van der Waals surface area contributed by atoms with Gasteiger partial charge < -0.3 is 5.32 Å². The molecule has 1 aliphatic heterocycles. The van der Waals surface area contributed by atoms with Gasteiger partial charge in [-0.15, -0.1) is 0 Å². The van der Waals surface area contributed by atoms with Gasteiger partial charge in [0.15, 0.2) is 0 Å². The predicted molar refractivity (Wildman–Crippen MR) is 82.4 cm³/mol. The van der Waals surface area contributed by atoms with Crippen LogP contribution in [0.15, 0.2) is 23.1 Å². The first-order valence-electron chi connectivity index (χ1n) is 7.51. The highest BCUT2D eigenvalue weighted by atomic mass is 32.2. The van der Waals surface area contributed by atoms with Gasteiger partial charge in [0.05, 0.1) is 4.90 Å². The number of rotatable bonds is 6. The standard InChI is InChI=1S/C15H23N3O2S/c1-11(18(2)14-4-5-14)8-17-21(19,20)15-6-3-12-9-16-10-13(12)7-15/h3,6-7,11,14,16-17H,4-5,8-10H2,1-2H3. The molecule has 2 N–H and O–H groups in total. The summed E-state index contributed by atoms with van der Waals surface area (Å²) in [6.45, 7) is 4.09. The minimum Gasteiger partial charge on any atom is -0.309 e. The van der Waals surface area contributed by atoms with E-state index in [1.807, 2.05) is 6.07 Å². The molecule has 5 nitrogen and oxygen atoms in total. The molecule has 21 heavy (non-hydrogen) atoms. The molecule has 0 radical (unpaired) electrons. The Balaban J connectivity index is 1.66. The first-order valence-corrected chi connectivity index (χ1v) is 9.00. The largest absolute Gasteiger partial charge is 0.309 e. The Morgan fingerprint density at radius 1 is 1.33 bits per heavy atom. The van der Waals surface area contributed by atoms with E-state index >= 15 is 0 Å². The average molecular weight is 309 g/mol. The highest BCUT2D eigenvalue weighted by Crippen LogP contribution is 2.27. The summed E-state index contributed by atoms with van der Waals surface area (Å²) in [5.41, 5.74) is 2.27. The number of likely N-dealkylation sites (N-methyl/N-ethyl adjacent to an activating group) is 1. The molecule has 1 unspecified atom stereocenters. The molecular weight excluding hydrogens is 286 g/mol. The van der Waals surface area contributed by atoms with Crippen molar-refractivity contribution in [2.45, 2.75) is 49.8 Å². The second kappa shape index (κ2) is 5.68. The quantitative estimate of drug-likeness (QED) is 0.824. The highest BCUT2D eigenvalue weighted by molar-refractivity contribution is 7.89. The van der Waals surface area contributed by atoms with Crippen LogP contribution in [0.25, 0.3) is 0 Å². The molecule has 0 bridgehead atoms. The molecule has 116 valence electrons. The number of hydrogen-bond donors (Lipinski definition) is 2. The summed E-state index contributed by atoms with van der Waals surface area (Å²) in [6, 6.07) is 6.24. The molecule has 1 aliphatic carbocycles. The summed E-state index contributed by atoms with van der Waals surface area (Å²) in [4.78, 5) is 2.63. The van der Waals surface area contributed by atoms with Crippen LogP contribution in [0.1, 0.15) is 30.9 Å². The van der Waals surface area contributed by atoms with Gasteiger partial charge in [0.1, 0.15) is 0 Å². The van der Waals surface area contributed by atoms with Crippen LogP contribution in [0, 0.1) is 0 Å². The fourth-order valence-electron chi connectivity index (χ4n) is 2.74. The Bertz CT molecular complexity index is 626. The summed E-state index contributed by atoms with van der Waals surface area (Å²) < 4.78 is 27.5. The van der Waals surface area contributed by atoms with Crippen molar-refractivity contribution < 1.29 is 8.42 Å². The Morgan fingerprint density at radius 3 is 2.76 bits per heavy atom. The third-order valence-electron chi connectivity index (χ3n) is 4.51. The minimum atomic E-state index is -3.42. The molecule has 6 heteroatoms. The zero-order valence-corrected chi connectivity index (χ0v) is 13.4. The van der Waals surface area contributed by atoms with E-state index in [4.69, 9.17) is 0 Å². The molecule has 1 saturated carbocycles. The first kappa shape index (κ1) is 15.0. The number of benzene rings is 1. The van der Waals surface area contributed by atoms with Gasteiger partial charge in [-0.1, -0.05) is 6.07 Å². The van der Waals surface area contributed by atoms with Crippen LogP contribution >= 0.6 is 0 Å². The average Bonchev–Trinajstić information content (AvgIpc) is 3.21. The van der Waals surface area contributed by atoms with Crippen molar-refractivity contribution in [2.24, 2.45) is 0 Å². The summed E-state index contributed by atoms with van der Waals surface area (Å²) in [5, 5.41) is 3.23. The van der Waals surface area contributed by atoms with Gasteiger partial charge >= 0.3 is 0 Å². The van der Waals surface area contributed by atoms with E-state index in [1.165, 1.54) is 18.4 Å². The van der Waals surface area contributed by atoms with E-state index in [-0.39, 0.29) is 6.04 Å². The second-order valence-corrected chi connectivity index (χ2v) is 7.90. The van der Waals surface area contributed by atoms with Gasteiger partial charge in [-0.25, -0.2) is 13.1 Å². The lowest BCUT2D eigenvalue weighted by atomic mass is 10.1. The maximum atomic E-state index is 12.4. The minimum absolute atomic E-state index is 0.211. The van der Waals surface area contributed by atoms with Crippen molar-refractivity contribution in [1.29, 1.82) is 0 Å². The maximum Gasteiger partial charge on any atom is 0.240 e. The first-order chi connectivity index (χ1) is 9.97. The van der Waals surface area contributed by atoms with Crippen molar-refractivity contribution in [3.8, 4) is 0 Å². The number of hydrogen-bond acceptors (Lipinski definition) is 4. The smallest absolute Gasteiger partial charge is 0.240 e. The second-order valence-electron chi connectivity index (χ2n) is 6.13. The molecule has 0 spiro atoms. The molecule has 1 aromatic carbocycles. The summed E-state index contributed by atoms with van der Waals surface area (Å²) in [6.07, 6.45) is 2.46. The van der Waals surface area contributed by atoms with Crippen molar-refractivity contribution in [2.75, 3.05) is 13.6 Å². The van der Waals surface area contributed by atoms with Gasteiger partial charge in [-0.3, -0.25) is 4.90 Å². The molecule has 2 aliphatic rings. The van der Waals surface area contributed by atoms with E-state index in [2.05, 4.69) is 28.9 Å². The van der Waals surface area contributed by atoms with Gasteiger partial charge in [0.2, 0.25) is 10.0 Å². The lowest BCUT2D eigenvalue weighted by Crippen LogP contribution is -2.41. The molecule has 0 aromatic heterocycles. The Kier molecular flexibility index (Phi) is 4.05. The fraction of sp³-hybridized carbons (Fsp3) is 0.600. The van der Waals surface area contributed by atoms with Crippen LogP contribution in [0.4, 0.5) is 0 Å². The lowest BCUT2D eigenvalue weighted by Gasteiger charge is -2.24. The molecule has 1 aromatic rings. The topological polar surface area (TPSA) is 61.4 Å². The Morgan fingerprint density at radius 2 is 2.05 bits per heavy atom. The van der Waals surface area contributed by atoms with E-state index in [1.54, 1.807) is 12.1 Å². The van der Waals surface area contributed by atoms with Crippen molar-refractivity contribution in [3.63, 3.8) is 0 Å². The van der Waals surface area contributed by atoms with E-state index in [0.29, 0.717) is 17.5 Å². The van der Waals surface area contributed by atoms with E-state index in [9.17, 15) is 8.42 Å². The normalized spacial score (nSPS) is 19.8. The SMILES string of the molecule is CC(CNS(=O)(=O)c1ccc2c(c1)CNC2)N(C)C1CC1. The van der Waals surface area contributed by atoms with Crippen LogP contribution in [0.3, 0.4) is 0 Å². The van der Waals surface area contributed by atoms with Gasteiger partial charge in [0.25, 0.3) is 0 Å². The monoisotopic (exact) mass is 309 g/mol. The predicted octanol–water partition coefficient (Wildman–Crippen LogP) is 1.05. The fourth-order valence-corrected chi connectivity index (χ4v) is 3.91. The molecule has 1 atom stereocenters. The third-order valence-corrected chi connectivity index (χ3v) is 5.93. The van der Waals surface area contributed by atoms with E-state index < -0.39 is 10.0 Å². The number of fused-ring (bicyclic) bond motifs is 1. The number of sulfonamides is 1. The van der Waals surface area contributed by atoms with Crippen LogP contribution in [0.5, 0.6) is 0 Å². The molecule has 1 heterocycles. The van der Waals surface area contributed by atoms with Crippen LogP contribution in [-0.4, -0.2) is 39.0 Å². The Hall–Kier alpha value is -0.950. The zero-order valence-electron chi connectivity index (χ0n) is 12.6. The van der Waals surface area contributed by atoms with Gasteiger partial charge in [-0.05, 0) is 50.1 Å². The highest BCUT2D eigenvalue weighted by Gasteiger charge is 2.29. The molecule has 3 rings (SSSR count). The summed E-state index contributed by atoms with van der Waals surface area (Å²) >= 11 is 0. The number of nitrogens with one attached hydrogen (secondary N) is 2. The molecule has 1 fully saturated rings. The van der Waals surface area contributed by atoms with Crippen LogP contribution in [0.2, 0.25) is 0 Å². The third kappa shape index (κ3) is 3.29. The molecule has 0 amide bonds. The number of nitrogens with zero attached hydrogens (tertiary/aromatic N) is 1. The summed E-state index contributed by atoms with van der Waals surface area (Å²) in [7, 11) is -1.35.